The van der Waals surface area contributed by atoms with Gasteiger partial charge in [0.1, 0.15) is 0 Å². The average Bonchev–Trinajstić information content (AvgIpc) is 3.33. The Hall–Kier alpha value is -2.30. The second kappa shape index (κ2) is 6.90. The van der Waals surface area contributed by atoms with E-state index in [1.165, 1.54) is 0 Å². The zero-order valence-electron chi connectivity index (χ0n) is 14.5. The molecule has 1 saturated carbocycles. The molecule has 132 valence electrons. The summed E-state index contributed by atoms with van der Waals surface area (Å²) in [6.45, 7) is 1.71. The van der Waals surface area contributed by atoms with Gasteiger partial charge in [-0.1, -0.05) is 18.9 Å². The van der Waals surface area contributed by atoms with Crippen molar-refractivity contribution in [1.82, 2.24) is 9.88 Å². The number of nitrogens with one attached hydrogen (secondary N) is 2. The summed E-state index contributed by atoms with van der Waals surface area (Å²) >= 11 is 0. The number of likely N-dealkylation sites (tertiary alicyclic amines) is 1. The maximum absolute atomic E-state index is 13.0. The average molecular weight is 339 g/mol. The Kier molecular flexibility index (Phi) is 4.47. The first-order valence-corrected chi connectivity index (χ1v) is 9.40. The van der Waals surface area contributed by atoms with Crippen LogP contribution in [-0.4, -0.2) is 34.8 Å². The number of amides is 2. The molecule has 1 aliphatic heterocycles. The number of benzene rings is 1. The van der Waals surface area contributed by atoms with E-state index in [1.807, 2.05) is 35.4 Å². The van der Waals surface area contributed by atoms with Crippen LogP contribution in [0.2, 0.25) is 0 Å². The fourth-order valence-corrected chi connectivity index (χ4v) is 4.33. The molecule has 1 saturated heterocycles. The molecular weight excluding hydrogens is 314 g/mol. The topological polar surface area (TPSA) is 65.2 Å². The van der Waals surface area contributed by atoms with E-state index in [-0.39, 0.29) is 23.7 Å². The first kappa shape index (κ1) is 16.2. The van der Waals surface area contributed by atoms with Gasteiger partial charge >= 0.3 is 0 Å². The molecular formula is C20H25N3O2. The molecule has 0 bridgehead atoms. The van der Waals surface area contributed by atoms with Crippen LogP contribution in [0.5, 0.6) is 0 Å². The Morgan fingerprint density at radius 3 is 2.56 bits per heavy atom. The summed E-state index contributed by atoms with van der Waals surface area (Å²) in [5.41, 5.74) is 1.83. The van der Waals surface area contributed by atoms with E-state index in [1.54, 1.807) is 0 Å². The van der Waals surface area contributed by atoms with E-state index in [2.05, 4.69) is 10.3 Å². The molecule has 1 aliphatic carbocycles. The summed E-state index contributed by atoms with van der Waals surface area (Å²) < 4.78 is 0. The molecule has 5 nitrogen and oxygen atoms in total. The van der Waals surface area contributed by atoms with Crippen molar-refractivity contribution in [3.63, 3.8) is 0 Å². The predicted molar refractivity (Wildman–Crippen MR) is 98.2 cm³/mol. The number of aromatic amines is 1. The Bertz CT molecular complexity index is 776. The van der Waals surface area contributed by atoms with E-state index in [0.29, 0.717) is 0 Å². The van der Waals surface area contributed by atoms with Crippen molar-refractivity contribution in [2.75, 3.05) is 18.4 Å². The smallest absolute Gasteiger partial charge is 0.228 e. The normalized spacial score (nSPS) is 23.8. The lowest BCUT2D eigenvalue weighted by atomic mass is 9.77. The number of anilines is 1. The zero-order chi connectivity index (χ0) is 17.2. The third kappa shape index (κ3) is 3.15. The van der Waals surface area contributed by atoms with Gasteiger partial charge in [0, 0.05) is 42.0 Å². The van der Waals surface area contributed by atoms with Gasteiger partial charge in [0.05, 0.1) is 5.69 Å². The lowest BCUT2D eigenvalue weighted by Gasteiger charge is -2.32. The van der Waals surface area contributed by atoms with Gasteiger partial charge in [-0.2, -0.15) is 0 Å². The van der Waals surface area contributed by atoms with Crippen LogP contribution in [-0.2, 0) is 9.59 Å². The van der Waals surface area contributed by atoms with Crippen LogP contribution in [0.4, 0.5) is 5.69 Å². The number of aromatic nitrogens is 1. The third-order valence-electron chi connectivity index (χ3n) is 5.69. The van der Waals surface area contributed by atoms with Gasteiger partial charge < -0.3 is 15.2 Å². The number of carbonyl (C=O) groups is 2. The van der Waals surface area contributed by atoms with Gasteiger partial charge in [-0.3, -0.25) is 9.59 Å². The molecule has 2 aliphatic rings. The van der Waals surface area contributed by atoms with Crippen molar-refractivity contribution >= 4 is 28.4 Å². The SMILES string of the molecule is O=C(Nc1cccc2[nH]ccc12)C1CCCCC1C(=O)N1CCCC1. The molecule has 0 spiro atoms. The van der Waals surface area contributed by atoms with Gasteiger partial charge in [-0.25, -0.2) is 0 Å². The minimum Gasteiger partial charge on any atom is -0.361 e. The molecule has 25 heavy (non-hydrogen) atoms. The van der Waals surface area contributed by atoms with E-state index in [0.717, 1.165) is 68.2 Å². The van der Waals surface area contributed by atoms with Crippen molar-refractivity contribution in [3.8, 4) is 0 Å². The molecule has 0 radical (unpaired) electrons. The fraction of sp³-hybridized carbons (Fsp3) is 0.500. The largest absolute Gasteiger partial charge is 0.361 e. The number of hydrogen-bond acceptors (Lipinski definition) is 2. The zero-order valence-corrected chi connectivity index (χ0v) is 14.5. The number of nitrogens with zero attached hydrogens (tertiary/aromatic N) is 1. The maximum Gasteiger partial charge on any atom is 0.228 e. The van der Waals surface area contributed by atoms with Gasteiger partial charge in [0.15, 0.2) is 0 Å². The standard InChI is InChI=1S/C20H25N3O2/c24-19(22-18-9-5-8-17-16(18)10-11-21-17)14-6-1-2-7-15(14)20(25)23-12-3-4-13-23/h5,8-11,14-15,21H,1-4,6-7,12-13H2,(H,22,24). The predicted octanol–water partition coefficient (Wildman–Crippen LogP) is 3.54. The summed E-state index contributed by atoms with van der Waals surface area (Å²) in [5.74, 6) is -0.184. The van der Waals surface area contributed by atoms with Gasteiger partial charge in [-0.05, 0) is 43.9 Å². The minimum absolute atomic E-state index is 0.00838. The van der Waals surface area contributed by atoms with Crippen molar-refractivity contribution < 1.29 is 9.59 Å². The molecule has 2 unspecified atom stereocenters. The second-order valence-electron chi connectivity index (χ2n) is 7.26. The molecule has 1 aromatic carbocycles. The molecule has 2 amide bonds. The summed E-state index contributed by atoms with van der Waals surface area (Å²) in [7, 11) is 0. The molecule has 2 N–H and O–H groups in total. The first-order chi connectivity index (χ1) is 12.2. The van der Waals surface area contributed by atoms with Gasteiger partial charge in [0.2, 0.25) is 11.8 Å². The third-order valence-corrected chi connectivity index (χ3v) is 5.69. The number of hydrogen-bond donors (Lipinski definition) is 2. The molecule has 2 heterocycles. The van der Waals surface area contributed by atoms with Crippen LogP contribution in [0.1, 0.15) is 38.5 Å². The lowest BCUT2D eigenvalue weighted by Crippen LogP contribution is -2.42. The van der Waals surface area contributed by atoms with Crippen LogP contribution in [0, 0.1) is 11.8 Å². The molecule has 2 atom stereocenters. The Morgan fingerprint density at radius 2 is 1.76 bits per heavy atom. The fourth-order valence-electron chi connectivity index (χ4n) is 4.33. The highest BCUT2D eigenvalue weighted by atomic mass is 16.2. The molecule has 2 aromatic rings. The highest BCUT2D eigenvalue weighted by molar-refractivity contribution is 6.03. The minimum atomic E-state index is -0.212. The molecule has 5 heteroatoms. The monoisotopic (exact) mass is 339 g/mol. The Balaban J connectivity index is 1.52. The van der Waals surface area contributed by atoms with Crippen molar-refractivity contribution in [1.29, 1.82) is 0 Å². The van der Waals surface area contributed by atoms with E-state index < -0.39 is 0 Å². The molecule has 1 aromatic heterocycles. The second-order valence-corrected chi connectivity index (χ2v) is 7.26. The highest BCUT2D eigenvalue weighted by Crippen LogP contribution is 2.34. The van der Waals surface area contributed by atoms with Gasteiger partial charge in [-0.15, -0.1) is 0 Å². The van der Waals surface area contributed by atoms with Crippen LogP contribution >= 0.6 is 0 Å². The summed E-state index contributed by atoms with van der Waals surface area (Å²) in [6, 6.07) is 7.82. The van der Waals surface area contributed by atoms with Crippen molar-refractivity contribution in [2.45, 2.75) is 38.5 Å². The van der Waals surface area contributed by atoms with Gasteiger partial charge in [0.25, 0.3) is 0 Å². The van der Waals surface area contributed by atoms with Crippen LogP contribution in [0.25, 0.3) is 10.9 Å². The summed E-state index contributed by atoms with van der Waals surface area (Å²) in [6.07, 6.45) is 7.76. The molecule has 4 rings (SSSR count). The van der Waals surface area contributed by atoms with Crippen molar-refractivity contribution in [3.05, 3.63) is 30.5 Å². The van der Waals surface area contributed by atoms with Crippen LogP contribution in [0.15, 0.2) is 30.5 Å². The first-order valence-electron chi connectivity index (χ1n) is 9.40. The highest BCUT2D eigenvalue weighted by Gasteiger charge is 2.38. The number of rotatable bonds is 3. The van der Waals surface area contributed by atoms with Crippen LogP contribution in [0.3, 0.4) is 0 Å². The quantitative estimate of drug-likeness (QED) is 0.898. The summed E-state index contributed by atoms with van der Waals surface area (Å²) in [4.78, 5) is 31.0. The number of fused-ring (bicyclic) bond motifs is 1. The number of H-pyrrole nitrogens is 1. The number of carbonyl (C=O) groups excluding carboxylic acids is 2. The van der Waals surface area contributed by atoms with E-state index >= 15 is 0 Å². The van der Waals surface area contributed by atoms with Crippen molar-refractivity contribution in [2.24, 2.45) is 11.8 Å². The summed E-state index contributed by atoms with van der Waals surface area (Å²) in [5, 5.41) is 4.09. The molecule has 2 fully saturated rings. The Labute approximate surface area is 147 Å². The Morgan fingerprint density at radius 1 is 1.00 bits per heavy atom. The van der Waals surface area contributed by atoms with E-state index in [4.69, 9.17) is 0 Å². The lowest BCUT2D eigenvalue weighted by molar-refractivity contribution is -0.141. The van der Waals surface area contributed by atoms with Crippen LogP contribution < -0.4 is 5.32 Å². The maximum atomic E-state index is 13.0. The van der Waals surface area contributed by atoms with E-state index in [9.17, 15) is 9.59 Å².